The van der Waals surface area contributed by atoms with Crippen LogP contribution in [0.2, 0.25) is 0 Å². The van der Waals surface area contributed by atoms with Crippen LogP contribution in [-0.4, -0.2) is 25.6 Å². The average Bonchev–Trinajstić information content (AvgIpc) is 3.34. The van der Waals surface area contributed by atoms with E-state index >= 15 is 0 Å². The van der Waals surface area contributed by atoms with Crippen molar-refractivity contribution >= 4 is 17.1 Å². The summed E-state index contributed by atoms with van der Waals surface area (Å²) in [6, 6.07) is 9.05. The number of nitrogens with zero attached hydrogens (tertiary/aromatic N) is 4. The number of aromatic nitrogens is 2. The molecule has 1 aliphatic rings. The van der Waals surface area contributed by atoms with Gasteiger partial charge in [-0.2, -0.15) is 5.26 Å². The zero-order chi connectivity index (χ0) is 19.4. The van der Waals surface area contributed by atoms with Crippen LogP contribution >= 0.6 is 0 Å². The van der Waals surface area contributed by atoms with Crippen LogP contribution in [-0.2, 0) is 11.4 Å². The molecule has 0 saturated heterocycles. The van der Waals surface area contributed by atoms with Crippen LogP contribution in [0.25, 0.3) is 0 Å². The van der Waals surface area contributed by atoms with Gasteiger partial charge in [0.25, 0.3) is 0 Å². The quantitative estimate of drug-likeness (QED) is 0.452. The summed E-state index contributed by atoms with van der Waals surface area (Å²) < 4.78 is 32.6. The standard InChI is InChI=1S/C20H19FN4OS/c1-14(2)12-27(26)24-20(16-5-6-17(10-22)18(21)9-16)19-11-23-13-25(19)8-7-15-3-4-15/h5-6,9,11,13-15H,3-4,12H2,1-2H3. The molecule has 1 aromatic carbocycles. The van der Waals surface area contributed by atoms with Gasteiger partial charge in [-0.1, -0.05) is 30.2 Å². The number of nitriles is 1. The van der Waals surface area contributed by atoms with Crippen molar-refractivity contribution in [3.8, 4) is 18.0 Å². The van der Waals surface area contributed by atoms with Crippen LogP contribution in [0.5, 0.6) is 0 Å². The lowest BCUT2D eigenvalue weighted by Gasteiger charge is -2.10. The molecule has 2 aromatic rings. The second-order valence-electron chi connectivity index (χ2n) is 6.81. The summed E-state index contributed by atoms with van der Waals surface area (Å²) in [7, 11) is 0. The molecule has 5 nitrogen and oxygen atoms in total. The maximum Gasteiger partial charge on any atom is 0.148 e. The minimum atomic E-state index is -1.48. The minimum Gasteiger partial charge on any atom is -0.591 e. The lowest BCUT2D eigenvalue weighted by molar-refractivity contribution is 0.583. The fourth-order valence-electron chi connectivity index (χ4n) is 2.37. The van der Waals surface area contributed by atoms with Gasteiger partial charge in [0.1, 0.15) is 35.4 Å². The predicted octanol–water partition coefficient (Wildman–Crippen LogP) is 3.27. The summed E-state index contributed by atoms with van der Waals surface area (Å²) in [4.78, 5) is 4.13. The summed E-state index contributed by atoms with van der Waals surface area (Å²) in [5.41, 5.74) is 1.27. The third-order valence-corrected chi connectivity index (χ3v) is 5.22. The molecule has 1 saturated carbocycles. The molecule has 1 unspecified atom stereocenters. The summed E-state index contributed by atoms with van der Waals surface area (Å²) >= 11 is -1.48. The zero-order valence-electron chi connectivity index (χ0n) is 15.1. The van der Waals surface area contributed by atoms with Gasteiger partial charge in [0.15, 0.2) is 0 Å². The molecule has 1 fully saturated rings. The highest BCUT2D eigenvalue weighted by atomic mass is 32.2. The van der Waals surface area contributed by atoms with Crippen LogP contribution in [0, 0.1) is 40.9 Å². The van der Waals surface area contributed by atoms with E-state index in [0.29, 0.717) is 28.6 Å². The Morgan fingerprint density at radius 3 is 2.89 bits per heavy atom. The summed E-state index contributed by atoms with van der Waals surface area (Å²) in [6.45, 7) is 3.92. The van der Waals surface area contributed by atoms with E-state index in [1.807, 2.05) is 13.8 Å². The zero-order valence-corrected chi connectivity index (χ0v) is 16.0. The van der Waals surface area contributed by atoms with Crippen molar-refractivity contribution in [3.63, 3.8) is 0 Å². The van der Waals surface area contributed by atoms with Gasteiger partial charge in [-0.25, -0.2) is 9.37 Å². The smallest absolute Gasteiger partial charge is 0.148 e. The van der Waals surface area contributed by atoms with Gasteiger partial charge in [-0.05, 0) is 25.0 Å². The Morgan fingerprint density at radius 2 is 2.26 bits per heavy atom. The second-order valence-corrected chi connectivity index (χ2v) is 7.97. The van der Waals surface area contributed by atoms with E-state index in [0.717, 1.165) is 12.8 Å². The number of benzene rings is 1. The molecule has 7 heteroatoms. The first-order valence-electron chi connectivity index (χ1n) is 8.69. The van der Waals surface area contributed by atoms with Crippen LogP contribution in [0.15, 0.2) is 35.1 Å². The normalized spacial score (nSPS) is 15.2. The minimum absolute atomic E-state index is 0.0524. The van der Waals surface area contributed by atoms with Crippen molar-refractivity contribution < 1.29 is 8.94 Å². The molecule has 0 spiro atoms. The van der Waals surface area contributed by atoms with Gasteiger partial charge >= 0.3 is 0 Å². The fourth-order valence-corrected chi connectivity index (χ4v) is 3.42. The molecule has 1 aliphatic carbocycles. The van der Waals surface area contributed by atoms with Crippen molar-refractivity contribution in [2.75, 3.05) is 5.75 Å². The molecule has 0 radical (unpaired) electrons. The van der Waals surface area contributed by atoms with Gasteiger partial charge in [-0.15, -0.1) is 0 Å². The molecular formula is C20H19FN4OS. The molecule has 0 bridgehead atoms. The molecule has 0 aliphatic heterocycles. The SMILES string of the molecule is CC(C)C[S+]([O-])N=C(c1ccc(C#N)c(F)c1)c1cncn1C#CC1CC1. The largest absolute Gasteiger partial charge is 0.591 e. The summed E-state index contributed by atoms with van der Waals surface area (Å²) in [6.07, 6.45) is 5.32. The number of rotatable bonds is 5. The van der Waals surface area contributed by atoms with Crippen LogP contribution < -0.4 is 0 Å². The Bertz CT molecular complexity index is 960. The Kier molecular flexibility index (Phi) is 5.95. The van der Waals surface area contributed by atoms with Gasteiger partial charge in [-0.3, -0.25) is 4.57 Å². The van der Waals surface area contributed by atoms with Gasteiger partial charge in [0.2, 0.25) is 0 Å². The highest BCUT2D eigenvalue weighted by Crippen LogP contribution is 2.27. The lowest BCUT2D eigenvalue weighted by Crippen LogP contribution is -2.16. The van der Waals surface area contributed by atoms with Gasteiger partial charge in [0, 0.05) is 23.4 Å². The molecular weight excluding hydrogens is 363 g/mol. The highest BCUT2D eigenvalue weighted by molar-refractivity contribution is 7.90. The Hall–Kier alpha value is -2.61. The number of hydrogen-bond donors (Lipinski definition) is 0. The highest BCUT2D eigenvalue weighted by Gasteiger charge is 2.21. The van der Waals surface area contributed by atoms with Crippen molar-refractivity contribution in [1.29, 1.82) is 5.26 Å². The molecule has 3 rings (SSSR count). The van der Waals surface area contributed by atoms with E-state index < -0.39 is 17.2 Å². The van der Waals surface area contributed by atoms with Crippen molar-refractivity contribution in [2.24, 2.45) is 16.2 Å². The third kappa shape index (κ3) is 4.97. The maximum absolute atomic E-state index is 14.2. The first-order chi connectivity index (χ1) is 13.0. The maximum atomic E-state index is 14.2. The van der Waals surface area contributed by atoms with Crippen LogP contribution in [0.4, 0.5) is 4.39 Å². The topological polar surface area (TPSA) is 77.0 Å². The Labute approximate surface area is 161 Å². The summed E-state index contributed by atoms with van der Waals surface area (Å²) in [5, 5.41) is 8.95. The molecule has 1 atom stereocenters. The average molecular weight is 382 g/mol. The fraction of sp³-hybridized carbons (Fsp3) is 0.350. The van der Waals surface area contributed by atoms with E-state index in [1.165, 1.54) is 12.1 Å². The van der Waals surface area contributed by atoms with E-state index in [9.17, 15) is 8.94 Å². The van der Waals surface area contributed by atoms with E-state index in [4.69, 9.17) is 5.26 Å². The van der Waals surface area contributed by atoms with Gasteiger partial charge < -0.3 is 4.55 Å². The van der Waals surface area contributed by atoms with E-state index in [1.54, 1.807) is 29.2 Å². The molecule has 0 N–H and O–H groups in total. The molecule has 138 valence electrons. The number of halogens is 1. The van der Waals surface area contributed by atoms with Crippen molar-refractivity contribution in [1.82, 2.24) is 9.55 Å². The Morgan fingerprint density at radius 1 is 1.48 bits per heavy atom. The predicted molar refractivity (Wildman–Crippen MR) is 103 cm³/mol. The molecule has 0 amide bonds. The molecule has 1 heterocycles. The Balaban J connectivity index is 2.05. The molecule has 1 aromatic heterocycles. The lowest BCUT2D eigenvalue weighted by atomic mass is 10.1. The van der Waals surface area contributed by atoms with E-state index in [2.05, 4.69) is 21.3 Å². The number of hydrogen-bond acceptors (Lipinski definition) is 4. The van der Waals surface area contributed by atoms with Crippen LogP contribution in [0.1, 0.15) is 43.5 Å². The van der Waals surface area contributed by atoms with E-state index in [-0.39, 0.29) is 11.5 Å². The summed E-state index contributed by atoms with van der Waals surface area (Å²) in [5.74, 6) is 3.50. The molecule has 27 heavy (non-hydrogen) atoms. The monoisotopic (exact) mass is 382 g/mol. The second kappa shape index (κ2) is 8.39. The first-order valence-corrected chi connectivity index (χ1v) is 9.97. The van der Waals surface area contributed by atoms with Crippen molar-refractivity contribution in [3.05, 3.63) is 53.4 Å². The third-order valence-electron chi connectivity index (χ3n) is 3.88. The van der Waals surface area contributed by atoms with Crippen LogP contribution in [0.3, 0.4) is 0 Å². The number of imidazole rings is 1. The first kappa shape index (κ1) is 19.2. The van der Waals surface area contributed by atoms with Gasteiger partial charge in [0.05, 0.1) is 23.1 Å². The van der Waals surface area contributed by atoms with Crippen molar-refractivity contribution in [2.45, 2.75) is 26.7 Å².